The fourth-order valence-electron chi connectivity index (χ4n) is 0.945. The largest absolute Gasteiger partial charge is 0.510 e. The molecule has 6 heteroatoms. The quantitative estimate of drug-likeness (QED) is 0.383. The normalized spacial score (nSPS) is 28.9. The number of hydrogen-bond acceptors (Lipinski definition) is 4. The highest BCUT2D eigenvalue weighted by Crippen LogP contribution is 2.15. The highest BCUT2D eigenvalue weighted by atomic mass is 16.7. The van der Waals surface area contributed by atoms with E-state index in [1.54, 1.807) is 0 Å². The molecule has 0 aliphatic carbocycles. The van der Waals surface area contributed by atoms with Gasteiger partial charge in [-0.1, -0.05) is 5.11 Å². The average Bonchev–Trinajstić information content (AvgIpc) is 2.05. The molecule has 1 rings (SSSR count). The molecule has 0 aromatic rings. The Labute approximate surface area is 69.0 Å². The molecule has 0 spiro atoms. The summed E-state index contributed by atoms with van der Waals surface area (Å²) in [6.45, 7) is 0.0932. The van der Waals surface area contributed by atoms with Crippen LogP contribution in [0.4, 0.5) is 0 Å². The third-order valence-corrected chi connectivity index (χ3v) is 1.45. The SMILES string of the molecule is CO[C@H]1OCC(O)=CC1N=[N+]=[N-]. The van der Waals surface area contributed by atoms with Gasteiger partial charge in [-0.25, -0.2) is 0 Å². The van der Waals surface area contributed by atoms with Gasteiger partial charge in [-0.3, -0.25) is 0 Å². The van der Waals surface area contributed by atoms with Crippen molar-refractivity contribution < 1.29 is 14.6 Å². The van der Waals surface area contributed by atoms with Gasteiger partial charge in [0, 0.05) is 12.0 Å². The molecule has 66 valence electrons. The molecule has 0 aromatic heterocycles. The van der Waals surface area contributed by atoms with E-state index >= 15 is 0 Å². The number of hydrogen-bond donors (Lipinski definition) is 1. The first kappa shape index (κ1) is 8.86. The third-order valence-electron chi connectivity index (χ3n) is 1.45. The predicted octanol–water partition coefficient (Wildman–Crippen LogP) is 1.11. The van der Waals surface area contributed by atoms with E-state index in [-0.39, 0.29) is 12.4 Å². The maximum Gasteiger partial charge on any atom is 0.169 e. The van der Waals surface area contributed by atoms with Crippen molar-refractivity contribution in [3.63, 3.8) is 0 Å². The lowest BCUT2D eigenvalue weighted by atomic mass is 10.2. The summed E-state index contributed by atoms with van der Waals surface area (Å²) in [5.74, 6) is 0.0562. The first-order chi connectivity index (χ1) is 5.77. The number of ether oxygens (including phenoxy) is 2. The van der Waals surface area contributed by atoms with Gasteiger partial charge < -0.3 is 14.6 Å². The first-order valence-electron chi connectivity index (χ1n) is 3.36. The zero-order chi connectivity index (χ0) is 8.97. The number of azide groups is 1. The highest BCUT2D eigenvalue weighted by Gasteiger charge is 2.23. The zero-order valence-electron chi connectivity index (χ0n) is 6.54. The summed E-state index contributed by atoms with van der Waals surface area (Å²) in [4.78, 5) is 2.60. The zero-order valence-corrected chi connectivity index (χ0v) is 6.54. The standard InChI is InChI=1S/C6H9N3O3/c1-11-6-5(8-9-7)2-4(10)3-12-6/h2,5-6,10H,3H2,1H3/t5?,6-/m0/s1. The van der Waals surface area contributed by atoms with Crippen LogP contribution in [0.25, 0.3) is 10.4 Å². The van der Waals surface area contributed by atoms with Gasteiger partial charge >= 0.3 is 0 Å². The van der Waals surface area contributed by atoms with Crippen LogP contribution in [0.3, 0.4) is 0 Å². The predicted molar refractivity (Wildman–Crippen MR) is 40.4 cm³/mol. The van der Waals surface area contributed by atoms with Crippen molar-refractivity contribution in [1.29, 1.82) is 0 Å². The first-order valence-corrected chi connectivity index (χ1v) is 3.36. The van der Waals surface area contributed by atoms with E-state index in [1.165, 1.54) is 13.2 Å². The number of methoxy groups -OCH3 is 1. The maximum absolute atomic E-state index is 9.02. The number of aliphatic hydroxyl groups is 1. The molecule has 1 aliphatic heterocycles. The van der Waals surface area contributed by atoms with Crippen molar-refractivity contribution in [2.45, 2.75) is 12.3 Å². The third kappa shape index (κ3) is 1.88. The molecule has 0 amide bonds. The minimum absolute atomic E-state index is 0.0562. The van der Waals surface area contributed by atoms with Gasteiger partial charge in [0.2, 0.25) is 0 Å². The van der Waals surface area contributed by atoms with Gasteiger partial charge in [-0.2, -0.15) is 0 Å². The number of rotatable bonds is 2. The van der Waals surface area contributed by atoms with E-state index in [0.717, 1.165) is 0 Å². The summed E-state index contributed by atoms with van der Waals surface area (Å²) in [5.41, 5.74) is 8.15. The smallest absolute Gasteiger partial charge is 0.169 e. The van der Waals surface area contributed by atoms with Crippen LogP contribution in [-0.2, 0) is 9.47 Å². The Morgan fingerprint density at radius 3 is 3.25 bits per heavy atom. The Balaban J connectivity index is 2.75. The van der Waals surface area contributed by atoms with Crippen molar-refractivity contribution in [2.24, 2.45) is 5.11 Å². The second kappa shape index (κ2) is 3.96. The molecule has 1 aliphatic rings. The number of aliphatic hydroxyl groups excluding tert-OH is 1. The second-order valence-electron chi connectivity index (χ2n) is 2.27. The topological polar surface area (TPSA) is 87.5 Å². The van der Waals surface area contributed by atoms with Crippen molar-refractivity contribution in [3.05, 3.63) is 22.3 Å². The molecule has 1 N–H and O–H groups in total. The van der Waals surface area contributed by atoms with Crippen LogP contribution in [-0.4, -0.2) is 31.2 Å². The average molecular weight is 171 g/mol. The molecule has 0 radical (unpaired) electrons. The van der Waals surface area contributed by atoms with Crippen LogP contribution in [0.2, 0.25) is 0 Å². The fourth-order valence-corrected chi connectivity index (χ4v) is 0.945. The van der Waals surface area contributed by atoms with Crippen molar-refractivity contribution in [2.75, 3.05) is 13.7 Å². The molecule has 12 heavy (non-hydrogen) atoms. The highest BCUT2D eigenvalue weighted by molar-refractivity contribution is 5.04. The van der Waals surface area contributed by atoms with Crippen molar-refractivity contribution in [1.82, 2.24) is 0 Å². The Hall–Kier alpha value is -1.23. The molecular formula is C6H9N3O3. The second-order valence-corrected chi connectivity index (χ2v) is 2.27. The van der Waals surface area contributed by atoms with Crippen LogP contribution < -0.4 is 0 Å². The molecule has 0 aromatic carbocycles. The van der Waals surface area contributed by atoms with Gasteiger partial charge in [-0.15, -0.1) is 0 Å². The fraction of sp³-hybridized carbons (Fsp3) is 0.667. The Bertz CT molecular complexity index is 234. The van der Waals surface area contributed by atoms with E-state index in [1.807, 2.05) is 0 Å². The van der Waals surface area contributed by atoms with E-state index in [4.69, 9.17) is 20.1 Å². The summed E-state index contributed by atoms with van der Waals surface area (Å²) in [6.07, 6.45) is 0.814. The summed E-state index contributed by atoms with van der Waals surface area (Å²) in [6, 6.07) is -0.589. The lowest BCUT2D eigenvalue weighted by Gasteiger charge is -2.24. The van der Waals surface area contributed by atoms with Crippen molar-refractivity contribution >= 4 is 0 Å². The van der Waals surface area contributed by atoms with Crippen LogP contribution in [0, 0.1) is 0 Å². The molecule has 1 heterocycles. The monoisotopic (exact) mass is 171 g/mol. The lowest BCUT2D eigenvalue weighted by Crippen LogP contribution is -2.32. The summed E-state index contributed by atoms with van der Waals surface area (Å²) >= 11 is 0. The molecule has 0 fully saturated rings. The maximum atomic E-state index is 9.02. The summed E-state index contributed by atoms with van der Waals surface area (Å²) < 4.78 is 9.86. The Morgan fingerprint density at radius 1 is 1.92 bits per heavy atom. The van der Waals surface area contributed by atoms with Gasteiger partial charge in [0.05, 0.1) is 0 Å². The van der Waals surface area contributed by atoms with E-state index in [9.17, 15) is 0 Å². The van der Waals surface area contributed by atoms with Crippen LogP contribution in [0.1, 0.15) is 0 Å². The molecule has 6 nitrogen and oxygen atoms in total. The van der Waals surface area contributed by atoms with Gasteiger partial charge in [0.15, 0.2) is 6.29 Å². The van der Waals surface area contributed by atoms with Crippen LogP contribution in [0.15, 0.2) is 16.9 Å². The van der Waals surface area contributed by atoms with Gasteiger partial charge in [-0.05, 0) is 11.6 Å². The molecule has 0 bridgehead atoms. The van der Waals surface area contributed by atoms with E-state index in [0.29, 0.717) is 0 Å². The van der Waals surface area contributed by atoms with Gasteiger partial charge in [0.25, 0.3) is 0 Å². The molecule has 0 saturated heterocycles. The molecule has 2 atom stereocenters. The minimum atomic E-state index is -0.600. The number of nitrogens with zero attached hydrogens (tertiary/aromatic N) is 3. The van der Waals surface area contributed by atoms with E-state index < -0.39 is 12.3 Å². The minimum Gasteiger partial charge on any atom is -0.510 e. The Kier molecular flexibility index (Phi) is 2.93. The Morgan fingerprint density at radius 2 is 2.67 bits per heavy atom. The van der Waals surface area contributed by atoms with Gasteiger partial charge in [0.1, 0.15) is 18.4 Å². The molecule has 0 saturated carbocycles. The van der Waals surface area contributed by atoms with E-state index in [2.05, 4.69) is 10.0 Å². The van der Waals surface area contributed by atoms with Crippen molar-refractivity contribution in [3.8, 4) is 0 Å². The summed E-state index contributed by atoms with van der Waals surface area (Å²) in [7, 11) is 1.45. The van der Waals surface area contributed by atoms with Crippen LogP contribution >= 0.6 is 0 Å². The van der Waals surface area contributed by atoms with Crippen LogP contribution in [0.5, 0.6) is 0 Å². The molecular weight excluding hydrogens is 162 g/mol. The molecule has 1 unspecified atom stereocenters. The lowest BCUT2D eigenvalue weighted by molar-refractivity contribution is -0.134. The summed E-state index contributed by atoms with van der Waals surface area (Å²) in [5, 5.41) is 12.4.